The number of hydrogen-bond acceptors (Lipinski definition) is 3. The summed E-state index contributed by atoms with van der Waals surface area (Å²) in [5, 5.41) is 6.65. The third-order valence-corrected chi connectivity index (χ3v) is 5.92. The van der Waals surface area contributed by atoms with Gasteiger partial charge in [0.2, 0.25) is 5.91 Å². The van der Waals surface area contributed by atoms with E-state index in [0.29, 0.717) is 25.0 Å². The monoisotopic (exact) mass is 364 g/mol. The molecule has 1 unspecified atom stereocenters. The van der Waals surface area contributed by atoms with E-state index in [4.69, 9.17) is 0 Å². The number of carbonyl (C=O) groups excluding carboxylic acids is 2. The molecule has 0 radical (unpaired) electrons. The van der Waals surface area contributed by atoms with E-state index in [-0.39, 0.29) is 17.9 Å². The lowest BCUT2D eigenvalue weighted by Crippen LogP contribution is -2.52. The van der Waals surface area contributed by atoms with Gasteiger partial charge >= 0.3 is 6.03 Å². The number of rotatable bonds is 6. The van der Waals surface area contributed by atoms with E-state index < -0.39 is 0 Å². The molecule has 26 heavy (non-hydrogen) atoms. The average Bonchev–Trinajstić information content (AvgIpc) is 3.49. The Balaban J connectivity index is 1.41. The van der Waals surface area contributed by atoms with Crippen molar-refractivity contribution in [1.29, 1.82) is 0 Å². The van der Waals surface area contributed by atoms with Crippen molar-refractivity contribution in [3.63, 3.8) is 0 Å². The first kappa shape index (κ1) is 19.5. The summed E-state index contributed by atoms with van der Waals surface area (Å²) in [6, 6.07) is 0.559. The smallest absolute Gasteiger partial charge is 0.317 e. The van der Waals surface area contributed by atoms with Gasteiger partial charge in [-0.3, -0.25) is 4.79 Å². The van der Waals surface area contributed by atoms with E-state index in [0.717, 1.165) is 57.8 Å². The molecule has 0 spiro atoms. The van der Waals surface area contributed by atoms with E-state index in [1.807, 2.05) is 9.80 Å². The molecule has 0 aromatic rings. The van der Waals surface area contributed by atoms with Gasteiger partial charge in [0, 0.05) is 38.8 Å². The Morgan fingerprint density at radius 1 is 1.00 bits per heavy atom. The quantitative estimate of drug-likeness (QED) is 0.758. The molecule has 0 aromatic carbocycles. The van der Waals surface area contributed by atoms with Crippen LogP contribution in [-0.4, -0.2) is 67.0 Å². The van der Waals surface area contributed by atoms with Gasteiger partial charge in [-0.15, -0.1) is 0 Å². The minimum atomic E-state index is -0.0236. The van der Waals surface area contributed by atoms with E-state index >= 15 is 0 Å². The Morgan fingerprint density at radius 3 is 2.38 bits per heavy atom. The van der Waals surface area contributed by atoms with E-state index in [2.05, 4.69) is 24.5 Å². The molecule has 6 heteroatoms. The Kier molecular flexibility index (Phi) is 6.79. The second-order valence-corrected chi connectivity index (χ2v) is 8.82. The third kappa shape index (κ3) is 5.60. The van der Waals surface area contributed by atoms with Crippen LogP contribution in [0.4, 0.5) is 4.79 Å². The molecule has 0 aromatic heterocycles. The van der Waals surface area contributed by atoms with Crippen LogP contribution in [0.1, 0.15) is 52.4 Å². The van der Waals surface area contributed by atoms with Crippen molar-refractivity contribution in [1.82, 2.24) is 20.4 Å². The lowest BCUT2D eigenvalue weighted by atomic mass is 9.95. The predicted molar refractivity (Wildman–Crippen MR) is 103 cm³/mol. The van der Waals surface area contributed by atoms with Crippen molar-refractivity contribution in [2.24, 2.45) is 17.8 Å². The lowest BCUT2D eigenvalue weighted by molar-refractivity contribution is -0.138. The topological polar surface area (TPSA) is 64.7 Å². The van der Waals surface area contributed by atoms with Gasteiger partial charge in [0.15, 0.2) is 0 Å². The number of urea groups is 1. The molecule has 6 nitrogen and oxygen atoms in total. The number of nitrogens with one attached hydrogen (secondary N) is 2. The summed E-state index contributed by atoms with van der Waals surface area (Å²) in [5.74, 6) is 1.58. The summed E-state index contributed by atoms with van der Waals surface area (Å²) in [5.41, 5.74) is 0. The largest absolute Gasteiger partial charge is 0.342 e. The summed E-state index contributed by atoms with van der Waals surface area (Å²) in [4.78, 5) is 29.1. The van der Waals surface area contributed by atoms with Crippen molar-refractivity contribution in [3.8, 4) is 0 Å². The molecular formula is C20H36N4O2. The number of carbonyl (C=O) groups is 2. The summed E-state index contributed by atoms with van der Waals surface area (Å²) >= 11 is 0. The minimum absolute atomic E-state index is 0.0146. The van der Waals surface area contributed by atoms with Crippen LogP contribution in [0, 0.1) is 17.8 Å². The highest BCUT2D eigenvalue weighted by Gasteiger charge is 2.33. The molecular weight excluding hydrogens is 328 g/mol. The van der Waals surface area contributed by atoms with Crippen molar-refractivity contribution >= 4 is 11.9 Å². The van der Waals surface area contributed by atoms with Gasteiger partial charge in [-0.05, 0) is 56.9 Å². The normalized spacial score (nSPS) is 24.8. The van der Waals surface area contributed by atoms with Crippen LogP contribution in [0.15, 0.2) is 0 Å². The van der Waals surface area contributed by atoms with Crippen molar-refractivity contribution < 1.29 is 9.59 Å². The number of nitrogens with zero attached hydrogens (tertiary/aromatic N) is 2. The molecule has 148 valence electrons. The molecule has 2 saturated heterocycles. The molecule has 3 amide bonds. The molecule has 2 N–H and O–H groups in total. The van der Waals surface area contributed by atoms with Gasteiger partial charge in [0.25, 0.3) is 0 Å². The zero-order valence-corrected chi connectivity index (χ0v) is 16.5. The van der Waals surface area contributed by atoms with E-state index in [1.165, 1.54) is 12.8 Å². The van der Waals surface area contributed by atoms with Crippen LogP contribution < -0.4 is 10.6 Å². The fraction of sp³-hybridized carbons (Fsp3) is 0.900. The highest BCUT2D eigenvalue weighted by atomic mass is 16.2. The lowest BCUT2D eigenvalue weighted by Gasteiger charge is -2.38. The maximum absolute atomic E-state index is 12.9. The Morgan fingerprint density at radius 2 is 1.73 bits per heavy atom. The third-order valence-electron chi connectivity index (χ3n) is 5.92. The van der Waals surface area contributed by atoms with Crippen LogP contribution in [0.2, 0.25) is 0 Å². The highest BCUT2D eigenvalue weighted by molar-refractivity contribution is 5.81. The highest BCUT2D eigenvalue weighted by Crippen LogP contribution is 2.28. The van der Waals surface area contributed by atoms with Gasteiger partial charge < -0.3 is 20.4 Å². The summed E-state index contributed by atoms with van der Waals surface area (Å²) in [6.45, 7) is 9.08. The second-order valence-electron chi connectivity index (χ2n) is 8.82. The van der Waals surface area contributed by atoms with Crippen LogP contribution in [-0.2, 0) is 4.79 Å². The standard InChI is InChI=1S/C20H36N4O2/c1-15(2)12-22-20(26)24-9-3-4-17(14-24)19(25)23-10-7-18(8-11-23)21-13-16-5-6-16/h15-18,21H,3-14H2,1-2H3,(H,22,26). The molecule has 1 atom stereocenters. The summed E-state index contributed by atoms with van der Waals surface area (Å²) in [6.07, 6.45) is 6.71. The van der Waals surface area contributed by atoms with Gasteiger partial charge in [0.1, 0.15) is 0 Å². The van der Waals surface area contributed by atoms with E-state index in [9.17, 15) is 9.59 Å². The molecule has 1 saturated carbocycles. The first-order chi connectivity index (χ1) is 12.5. The molecule has 2 heterocycles. The molecule has 3 aliphatic rings. The average molecular weight is 365 g/mol. The van der Waals surface area contributed by atoms with Crippen molar-refractivity contribution in [2.45, 2.75) is 58.4 Å². The Hall–Kier alpha value is -1.30. The maximum Gasteiger partial charge on any atom is 0.317 e. The van der Waals surface area contributed by atoms with Gasteiger partial charge in [-0.25, -0.2) is 4.79 Å². The predicted octanol–water partition coefficient (Wildman–Crippen LogP) is 2.05. The summed E-state index contributed by atoms with van der Waals surface area (Å²) < 4.78 is 0. The number of hydrogen-bond donors (Lipinski definition) is 2. The Labute approximate surface area is 158 Å². The second kappa shape index (κ2) is 9.07. The fourth-order valence-corrected chi connectivity index (χ4v) is 3.98. The number of likely N-dealkylation sites (tertiary alicyclic amines) is 2. The van der Waals surface area contributed by atoms with Gasteiger partial charge in [0.05, 0.1) is 5.92 Å². The van der Waals surface area contributed by atoms with Crippen LogP contribution in [0.25, 0.3) is 0 Å². The molecule has 3 rings (SSSR count). The minimum Gasteiger partial charge on any atom is -0.342 e. The maximum atomic E-state index is 12.9. The van der Waals surface area contributed by atoms with Crippen molar-refractivity contribution in [3.05, 3.63) is 0 Å². The molecule has 3 fully saturated rings. The molecule has 1 aliphatic carbocycles. The first-order valence-electron chi connectivity index (χ1n) is 10.6. The van der Waals surface area contributed by atoms with Crippen LogP contribution >= 0.6 is 0 Å². The Bertz CT molecular complexity index is 484. The number of piperidine rings is 2. The van der Waals surface area contributed by atoms with Gasteiger partial charge in [-0.1, -0.05) is 13.8 Å². The van der Waals surface area contributed by atoms with Crippen LogP contribution in [0.5, 0.6) is 0 Å². The molecule has 0 bridgehead atoms. The SMILES string of the molecule is CC(C)CNC(=O)N1CCCC(C(=O)N2CCC(NCC3CC3)CC2)C1. The first-order valence-corrected chi connectivity index (χ1v) is 10.6. The van der Waals surface area contributed by atoms with E-state index in [1.54, 1.807) is 0 Å². The fourth-order valence-electron chi connectivity index (χ4n) is 3.98. The van der Waals surface area contributed by atoms with Gasteiger partial charge in [-0.2, -0.15) is 0 Å². The van der Waals surface area contributed by atoms with Crippen LogP contribution in [0.3, 0.4) is 0 Å². The summed E-state index contributed by atoms with van der Waals surface area (Å²) in [7, 11) is 0. The zero-order valence-electron chi connectivity index (χ0n) is 16.5. The molecule has 2 aliphatic heterocycles. The van der Waals surface area contributed by atoms with Crippen molar-refractivity contribution in [2.75, 3.05) is 39.3 Å². The zero-order chi connectivity index (χ0) is 18.5. The number of amides is 3.